The van der Waals surface area contributed by atoms with E-state index in [1.165, 1.54) is 14.0 Å². The first kappa shape index (κ1) is 18.0. The molecule has 6 heteroatoms. The summed E-state index contributed by atoms with van der Waals surface area (Å²) >= 11 is 0. The van der Waals surface area contributed by atoms with Crippen molar-refractivity contribution in [2.75, 3.05) is 13.7 Å². The number of ether oxygens (including phenoxy) is 3. The highest BCUT2D eigenvalue weighted by atomic mass is 16.6. The Labute approximate surface area is 145 Å². The second-order valence-corrected chi connectivity index (χ2v) is 5.18. The van der Waals surface area contributed by atoms with Crippen LogP contribution in [0.2, 0.25) is 0 Å². The zero-order valence-electron chi connectivity index (χ0n) is 13.9. The predicted octanol–water partition coefficient (Wildman–Crippen LogP) is 2.89. The molecule has 0 atom stereocenters. The smallest absolute Gasteiger partial charge is 0.344 e. The molecule has 0 aromatic heterocycles. The van der Waals surface area contributed by atoms with E-state index in [1.54, 1.807) is 42.5 Å². The summed E-state index contributed by atoms with van der Waals surface area (Å²) in [7, 11) is 1.45. The van der Waals surface area contributed by atoms with Crippen LogP contribution in [-0.4, -0.2) is 25.5 Å². The summed E-state index contributed by atoms with van der Waals surface area (Å²) in [5.41, 5.74) is 1.71. The number of nitrogens with zero attached hydrogens (tertiary/aromatic N) is 1. The van der Waals surface area contributed by atoms with E-state index in [1.807, 2.05) is 6.07 Å². The molecular formula is C19H17NO5. The summed E-state index contributed by atoms with van der Waals surface area (Å²) < 4.78 is 15.7. The van der Waals surface area contributed by atoms with Crippen molar-refractivity contribution < 1.29 is 23.8 Å². The topological polar surface area (TPSA) is 85.6 Å². The molecule has 0 saturated carbocycles. The van der Waals surface area contributed by atoms with E-state index in [0.717, 1.165) is 5.56 Å². The van der Waals surface area contributed by atoms with Crippen LogP contribution in [0.15, 0.2) is 42.5 Å². The number of carbonyl (C=O) groups is 2. The fourth-order valence-corrected chi connectivity index (χ4v) is 2.08. The molecule has 0 saturated heterocycles. The monoisotopic (exact) mass is 339 g/mol. The van der Waals surface area contributed by atoms with Crippen LogP contribution in [0.1, 0.15) is 28.4 Å². The van der Waals surface area contributed by atoms with Gasteiger partial charge in [0.05, 0.1) is 18.7 Å². The minimum atomic E-state index is -0.556. The third kappa shape index (κ3) is 5.08. The molecule has 2 aromatic rings. The second kappa shape index (κ2) is 8.50. The average molecular weight is 339 g/mol. The van der Waals surface area contributed by atoms with Crippen LogP contribution in [0.4, 0.5) is 0 Å². The van der Waals surface area contributed by atoms with Gasteiger partial charge in [0.25, 0.3) is 0 Å². The number of methoxy groups -OCH3 is 1. The maximum absolute atomic E-state index is 11.8. The van der Waals surface area contributed by atoms with Gasteiger partial charge in [0.1, 0.15) is 6.61 Å². The molecule has 25 heavy (non-hydrogen) atoms. The highest BCUT2D eigenvalue weighted by Gasteiger charge is 2.11. The van der Waals surface area contributed by atoms with Crippen LogP contribution in [0.25, 0.3) is 0 Å². The normalized spacial score (nSPS) is 9.80. The number of rotatable bonds is 7. The van der Waals surface area contributed by atoms with Crippen LogP contribution >= 0.6 is 0 Å². The maximum Gasteiger partial charge on any atom is 0.344 e. The molecule has 0 unspecified atom stereocenters. The molecule has 2 rings (SSSR count). The third-order valence-electron chi connectivity index (χ3n) is 3.37. The van der Waals surface area contributed by atoms with E-state index >= 15 is 0 Å². The Kier molecular flexibility index (Phi) is 6.13. The summed E-state index contributed by atoms with van der Waals surface area (Å²) in [6.07, 6.45) is 0. The van der Waals surface area contributed by atoms with Crippen LogP contribution < -0.4 is 9.47 Å². The van der Waals surface area contributed by atoms with E-state index in [4.69, 9.17) is 19.5 Å². The summed E-state index contributed by atoms with van der Waals surface area (Å²) in [4.78, 5) is 23.2. The highest BCUT2D eigenvalue weighted by molar-refractivity contribution is 5.94. The van der Waals surface area contributed by atoms with Gasteiger partial charge < -0.3 is 14.2 Å². The Bertz CT molecular complexity index is 823. The van der Waals surface area contributed by atoms with Crippen molar-refractivity contribution in [1.82, 2.24) is 0 Å². The largest absolute Gasteiger partial charge is 0.493 e. The molecule has 0 amide bonds. The second-order valence-electron chi connectivity index (χ2n) is 5.18. The quantitative estimate of drug-likeness (QED) is 0.569. The van der Waals surface area contributed by atoms with Gasteiger partial charge in [-0.15, -0.1) is 0 Å². The number of nitriles is 1. The fourth-order valence-electron chi connectivity index (χ4n) is 2.08. The lowest BCUT2D eigenvalue weighted by Gasteiger charge is -2.11. The van der Waals surface area contributed by atoms with E-state index < -0.39 is 5.97 Å². The molecule has 0 radical (unpaired) electrons. The predicted molar refractivity (Wildman–Crippen MR) is 89.4 cm³/mol. The van der Waals surface area contributed by atoms with Gasteiger partial charge in [-0.3, -0.25) is 4.79 Å². The van der Waals surface area contributed by atoms with E-state index in [-0.39, 0.29) is 19.0 Å². The fraction of sp³-hybridized carbons (Fsp3) is 0.211. The van der Waals surface area contributed by atoms with Crippen LogP contribution in [0.5, 0.6) is 11.5 Å². The van der Waals surface area contributed by atoms with Crippen molar-refractivity contribution in [3.05, 3.63) is 59.2 Å². The van der Waals surface area contributed by atoms with Crippen molar-refractivity contribution in [2.24, 2.45) is 0 Å². The molecule has 0 bridgehead atoms. The Morgan fingerprint density at radius 1 is 1.12 bits per heavy atom. The Morgan fingerprint density at radius 2 is 1.92 bits per heavy atom. The van der Waals surface area contributed by atoms with E-state index in [0.29, 0.717) is 22.6 Å². The molecule has 6 nitrogen and oxygen atoms in total. The van der Waals surface area contributed by atoms with Gasteiger partial charge in [-0.05, 0) is 42.8 Å². The molecule has 0 fully saturated rings. The molecule has 0 N–H and O–H groups in total. The Hall–Kier alpha value is -3.33. The lowest BCUT2D eigenvalue weighted by molar-refractivity contribution is -0.147. The highest BCUT2D eigenvalue weighted by Crippen LogP contribution is 2.28. The zero-order valence-corrected chi connectivity index (χ0v) is 13.9. The van der Waals surface area contributed by atoms with E-state index in [2.05, 4.69) is 0 Å². The van der Waals surface area contributed by atoms with Gasteiger partial charge in [-0.2, -0.15) is 5.26 Å². The van der Waals surface area contributed by atoms with Gasteiger partial charge in [-0.1, -0.05) is 12.1 Å². The minimum absolute atomic E-state index is 0.0537. The summed E-state index contributed by atoms with van der Waals surface area (Å²) in [6.45, 7) is 1.21. The maximum atomic E-state index is 11.8. The third-order valence-corrected chi connectivity index (χ3v) is 3.37. The Balaban J connectivity index is 1.91. The molecule has 0 aliphatic carbocycles. The van der Waals surface area contributed by atoms with Crippen molar-refractivity contribution in [3.8, 4) is 17.6 Å². The number of ketones is 1. The number of hydrogen-bond acceptors (Lipinski definition) is 6. The van der Waals surface area contributed by atoms with Gasteiger partial charge in [0, 0.05) is 5.56 Å². The number of Topliss-reactive ketones (excluding diaryl/α,β-unsaturated/α-hetero) is 1. The molecule has 0 aliphatic rings. The number of carbonyl (C=O) groups excluding carboxylic acids is 2. The molecular weight excluding hydrogens is 322 g/mol. The number of esters is 1. The van der Waals surface area contributed by atoms with Gasteiger partial charge in [0.2, 0.25) is 0 Å². The van der Waals surface area contributed by atoms with Crippen molar-refractivity contribution in [3.63, 3.8) is 0 Å². The van der Waals surface area contributed by atoms with Crippen molar-refractivity contribution in [2.45, 2.75) is 13.5 Å². The SMILES string of the molecule is COc1cc(C(C)=O)ccc1OCC(=O)OCc1cccc(C#N)c1. The minimum Gasteiger partial charge on any atom is -0.493 e. The molecule has 128 valence electrons. The van der Waals surface area contributed by atoms with Gasteiger partial charge in [0.15, 0.2) is 23.9 Å². The Morgan fingerprint density at radius 3 is 2.60 bits per heavy atom. The standard InChI is InChI=1S/C19H17NO5/c1-13(21)16-6-7-17(18(9-16)23-2)24-12-19(22)25-11-15-5-3-4-14(8-15)10-20/h3-9H,11-12H2,1-2H3. The zero-order chi connectivity index (χ0) is 18.2. The van der Waals surface area contributed by atoms with Gasteiger partial charge in [-0.25, -0.2) is 4.79 Å². The van der Waals surface area contributed by atoms with Crippen LogP contribution in [-0.2, 0) is 16.1 Å². The van der Waals surface area contributed by atoms with Crippen LogP contribution in [0.3, 0.4) is 0 Å². The average Bonchev–Trinajstić information content (AvgIpc) is 2.64. The number of benzene rings is 2. The first-order chi connectivity index (χ1) is 12.0. The molecule has 0 heterocycles. The van der Waals surface area contributed by atoms with Gasteiger partial charge >= 0.3 is 5.97 Å². The summed E-state index contributed by atoms with van der Waals surface area (Å²) in [6, 6.07) is 13.5. The lowest BCUT2D eigenvalue weighted by Crippen LogP contribution is -2.15. The molecule has 0 spiro atoms. The lowest BCUT2D eigenvalue weighted by atomic mass is 10.1. The molecule has 2 aromatic carbocycles. The van der Waals surface area contributed by atoms with Crippen LogP contribution in [0, 0.1) is 11.3 Å². The number of hydrogen-bond donors (Lipinski definition) is 0. The first-order valence-corrected chi connectivity index (χ1v) is 7.50. The first-order valence-electron chi connectivity index (χ1n) is 7.50. The summed E-state index contributed by atoms with van der Waals surface area (Å²) in [5, 5.41) is 8.84. The van der Waals surface area contributed by atoms with Crippen molar-refractivity contribution >= 4 is 11.8 Å². The van der Waals surface area contributed by atoms with Crippen molar-refractivity contribution in [1.29, 1.82) is 5.26 Å². The molecule has 0 aliphatic heterocycles. The van der Waals surface area contributed by atoms with E-state index in [9.17, 15) is 9.59 Å². The summed E-state index contributed by atoms with van der Waals surface area (Å²) in [5.74, 6) is 0.0575.